The standard InChI is InChI=1S/C22H18N2O4/c25-15-6-4-14(5-7-15)23-10-12-24(13-11-23)19-9-8-18-20-16(19)2-1-3-17(20)21(26)28-22(18)27/h1-9,25H,10-13H2. The largest absolute Gasteiger partial charge is 0.508 e. The molecule has 0 bridgehead atoms. The zero-order valence-corrected chi connectivity index (χ0v) is 15.1. The fraction of sp³-hybridized carbons (Fsp3) is 0.182. The lowest BCUT2D eigenvalue weighted by atomic mass is 9.95. The van der Waals surface area contributed by atoms with Crippen molar-refractivity contribution in [1.29, 1.82) is 0 Å². The first-order valence-electron chi connectivity index (χ1n) is 9.23. The number of phenolic OH excluding ortho intramolecular Hbond substituents is 1. The maximum Gasteiger partial charge on any atom is 0.346 e. The van der Waals surface area contributed by atoms with Crippen LogP contribution in [-0.4, -0.2) is 43.2 Å². The predicted octanol–water partition coefficient (Wildman–Crippen LogP) is 3.18. The van der Waals surface area contributed by atoms with Gasteiger partial charge in [-0.2, -0.15) is 0 Å². The Morgan fingerprint density at radius 1 is 0.750 bits per heavy atom. The number of nitrogens with zero attached hydrogens (tertiary/aromatic N) is 2. The number of anilines is 2. The van der Waals surface area contributed by atoms with E-state index >= 15 is 0 Å². The van der Waals surface area contributed by atoms with E-state index in [1.165, 1.54) is 0 Å². The number of phenols is 1. The molecule has 6 nitrogen and oxygen atoms in total. The number of esters is 2. The maximum absolute atomic E-state index is 12.1. The second-order valence-corrected chi connectivity index (χ2v) is 7.03. The van der Waals surface area contributed by atoms with E-state index in [1.54, 1.807) is 24.3 Å². The van der Waals surface area contributed by atoms with E-state index in [1.807, 2.05) is 30.3 Å². The number of hydrogen-bond acceptors (Lipinski definition) is 6. The van der Waals surface area contributed by atoms with Gasteiger partial charge >= 0.3 is 11.9 Å². The van der Waals surface area contributed by atoms with Crippen molar-refractivity contribution in [2.45, 2.75) is 0 Å². The molecule has 1 N–H and O–H groups in total. The third-order valence-corrected chi connectivity index (χ3v) is 5.48. The zero-order valence-electron chi connectivity index (χ0n) is 15.1. The van der Waals surface area contributed by atoms with Crippen LogP contribution in [0.2, 0.25) is 0 Å². The van der Waals surface area contributed by atoms with Crippen molar-refractivity contribution in [3.63, 3.8) is 0 Å². The topological polar surface area (TPSA) is 70.1 Å². The minimum atomic E-state index is -0.586. The van der Waals surface area contributed by atoms with Crippen molar-refractivity contribution in [3.05, 3.63) is 65.7 Å². The molecular formula is C22H18N2O4. The van der Waals surface area contributed by atoms with Crippen molar-refractivity contribution in [1.82, 2.24) is 0 Å². The number of piperazine rings is 1. The Bertz CT molecular complexity index is 1080. The first-order chi connectivity index (χ1) is 13.6. The Hall–Kier alpha value is -3.54. The lowest BCUT2D eigenvalue weighted by Crippen LogP contribution is -2.46. The predicted molar refractivity (Wildman–Crippen MR) is 106 cm³/mol. The molecule has 6 heteroatoms. The maximum atomic E-state index is 12.1. The summed E-state index contributed by atoms with van der Waals surface area (Å²) < 4.78 is 4.84. The lowest BCUT2D eigenvalue weighted by molar-refractivity contribution is 0.0391. The average Bonchev–Trinajstić information content (AvgIpc) is 2.72. The molecule has 1 fully saturated rings. The number of cyclic esters (lactones) is 2. The van der Waals surface area contributed by atoms with Gasteiger partial charge in [0.2, 0.25) is 0 Å². The highest BCUT2D eigenvalue weighted by Gasteiger charge is 2.29. The molecule has 140 valence electrons. The van der Waals surface area contributed by atoms with Crippen LogP contribution < -0.4 is 9.80 Å². The average molecular weight is 374 g/mol. The summed E-state index contributed by atoms with van der Waals surface area (Å²) in [6.07, 6.45) is 0. The van der Waals surface area contributed by atoms with E-state index < -0.39 is 11.9 Å². The van der Waals surface area contributed by atoms with Gasteiger partial charge in [-0.25, -0.2) is 9.59 Å². The first-order valence-corrected chi connectivity index (χ1v) is 9.23. The number of ether oxygens (including phenoxy) is 1. The van der Waals surface area contributed by atoms with E-state index in [-0.39, 0.29) is 5.75 Å². The van der Waals surface area contributed by atoms with E-state index in [0.29, 0.717) is 16.5 Å². The van der Waals surface area contributed by atoms with Gasteiger partial charge in [-0.1, -0.05) is 12.1 Å². The van der Waals surface area contributed by atoms with Crippen LogP contribution in [0.5, 0.6) is 5.75 Å². The number of hydrogen-bond donors (Lipinski definition) is 1. The van der Waals surface area contributed by atoms with Gasteiger partial charge in [0.15, 0.2) is 0 Å². The zero-order chi connectivity index (χ0) is 19.3. The number of rotatable bonds is 2. The summed E-state index contributed by atoms with van der Waals surface area (Å²) in [4.78, 5) is 28.8. The molecule has 0 unspecified atom stereocenters. The summed E-state index contributed by atoms with van der Waals surface area (Å²) in [5.41, 5.74) is 2.99. The van der Waals surface area contributed by atoms with Crippen molar-refractivity contribution >= 4 is 34.1 Å². The van der Waals surface area contributed by atoms with E-state index in [0.717, 1.165) is 42.9 Å². The van der Waals surface area contributed by atoms with Crippen LogP contribution in [0.4, 0.5) is 11.4 Å². The van der Waals surface area contributed by atoms with E-state index in [4.69, 9.17) is 4.74 Å². The molecule has 3 aromatic rings. The summed E-state index contributed by atoms with van der Waals surface area (Å²) in [6, 6.07) is 16.4. The Labute approximate surface area is 161 Å². The van der Waals surface area contributed by atoms with Gasteiger partial charge in [-0.15, -0.1) is 0 Å². The molecule has 2 aliphatic heterocycles. The summed E-state index contributed by atoms with van der Waals surface area (Å²) in [5, 5.41) is 11.1. The van der Waals surface area contributed by atoms with Gasteiger partial charge in [0.25, 0.3) is 0 Å². The van der Waals surface area contributed by atoms with Crippen molar-refractivity contribution in [3.8, 4) is 5.75 Å². The molecule has 0 radical (unpaired) electrons. The van der Waals surface area contributed by atoms with Crippen LogP contribution >= 0.6 is 0 Å². The minimum absolute atomic E-state index is 0.263. The fourth-order valence-corrected chi connectivity index (χ4v) is 4.07. The van der Waals surface area contributed by atoms with Gasteiger partial charge in [0.05, 0.1) is 11.1 Å². The molecule has 5 rings (SSSR count). The van der Waals surface area contributed by atoms with E-state index in [9.17, 15) is 14.7 Å². The smallest absolute Gasteiger partial charge is 0.346 e. The quantitative estimate of drug-likeness (QED) is 0.549. The molecule has 3 aromatic carbocycles. The SMILES string of the molecule is O=C1OC(=O)c2ccc(N3CCN(c4ccc(O)cc4)CC3)c3cccc1c23. The van der Waals surface area contributed by atoms with Gasteiger partial charge in [-0.05, 0) is 42.5 Å². The number of carbonyl (C=O) groups is 2. The molecular weight excluding hydrogens is 356 g/mol. The summed E-state index contributed by atoms with van der Waals surface area (Å²) in [7, 11) is 0. The third kappa shape index (κ3) is 2.57. The summed E-state index contributed by atoms with van der Waals surface area (Å²) >= 11 is 0. The molecule has 28 heavy (non-hydrogen) atoms. The minimum Gasteiger partial charge on any atom is -0.508 e. The van der Waals surface area contributed by atoms with Gasteiger partial charge < -0.3 is 19.6 Å². The van der Waals surface area contributed by atoms with Crippen LogP contribution in [0.3, 0.4) is 0 Å². The Balaban J connectivity index is 1.47. The van der Waals surface area contributed by atoms with Crippen LogP contribution in [0, 0.1) is 0 Å². The highest BCUT2D eigenvalue weighted by Crippen LogP contribution is 2.35. The third-order valence-electron chi connectivity index (χ3n) is 5.48. The summed E-state index contributed by atoms with van der Waals surface area (Å²) in [6.45, 7) is 3.32. The molecule has 0 atom stereocenters. The van der Waals surface area contributed by atoms with Crippen molar-refractivity contribution in [2.75, 3.05) is 36.0 Å². The van der Waals surface area contributed by atoms with Gasteiger partial charge in [-0.3, -0.25) is 0 Å². The lowest BCUT2D eigenvalue weighted by Gasteiger charge is -2.38. The Morgan fingerprint density at radius 3 is 2.11 bits per heavy atom. The van der Waals surface area contributed by atoms with Crippen molar-refractivity contribution < 1.29 is 19.4 Å². The normalized spacial score (nSPS) is 16.4. The molecule has 1 saturated heterocycles. The molecule has 2 aliphatic rings. The molecule has 0 amide bonds. The van der Waals surface area contributed by atoms with Crippen LogP contribution in [-0.2, 0) is 4.74 Å². The first kappa shape index (κ1) is 16.6. The van der Waals surface area contributed by atoms with Crippen LogP contribution in [0.1, 0.15) is 20.7 Å². The van der Waals surface area contributed by atoms with Crippen LogP contribution in [0.15, 0.2) is 54.6 Å². The summed E-state index contributed by atoms with van der Waals surface area (Å²) in [5.74, 6) is -0.908. The number of carbonyl (C=O) groups excluding carboxylic acids is 2. The highest BCUT2D eigenvalue weighted by atomic mass is 16.6. The van der Waals surface area contributed by atoms with Gasteiger partial charge in [0.1, 0.15) is 5.75 Å². The molecule has 0 saturated carbocycles. The monoisotopic (exact) mass is 374 g/mol. The second kappa shape index (κ2) is 6.27. The Morgan fingerprint density at radius 2 is 1.39 bits per heavy atom. The molecule has 0 spiro atoms. The molecule has 2 heterocycles. The van der Waals surface area contributed by atoms with E-state index in [2.05, 4.69) is 9.80 Å². The molecule has 0 aliphatic carbocycles. The van der Waals surface area contributed by atoms with Crippen LogP contribution in [0.25, 0.3) is 10.8 Å². The highest BCUT2D eigenvalue weighted by molar-refractivity contribution is 6.22. The van der Waals surface area contributed by atoms with Crippen molar-refractivity contribution in [2.24, 2.45) is 0 Å². The number of aromatic hydroxyl groups is 1. The fourth-order valence-electron chi connectivity index (χ4n) is 4.07. The van der Waals surface area contributed by atoms with Gasteiger partial charge in [0, 0.05) is 48.3 Å². The molecule has 0 aromatic heterocycles. The number of benzene rings is 3. The Kier molecular flexibility index (Phi) is 3.72. The second-order valence-electron chi connectivity index (χ2n) is 7.03.